The number of thioether (sulfide) groups is 1. The lowest BCUT2D eigenvalue weighted by Gasteiger charge is -2.08. The maximum atomic E-state index is 10.6. The van der Waals surface area contributed by atoms with Gasteiger partial charge in [-0.05, 0) is 29.8 Å². The summed E-state index contributed by atoms with van der Waals surface area (Å²) in [6.07, 6.45) is 1.27. The molecule has 0 aliphatic carbocycles. The van der Waals surface area contributed by atoms with Crippen LogP contribution in [0.1, 0.15) is 5.56 Å². The summed E-state index contributed by atoms with van der Waals surface area (Å²) in [7, 11) is 0. The number of carboxylic acid groups (broad SMARTS) is 1. The van der Waals surface area contributed by atoms with Crippen LogP contribution in [0.15, 0.2) is 47.6 Å². The number of hydrogen-bond donors (Lipinski definition) is 2. The molecule has 0 spiro atoms. The highest BCUT2D eigenvalue weighted by Crippen LogP contribution is 2.36. The molecule has 0 aliphatic heterocycles. The molecule has 4 rings (SSSR count). The SMILES string of the molecule is O=C(O)Oc1cnn(-c2nc3cc(SCc4c(Cl)cccc4Cl)c(Cl)cc3[nH]2)c1. The number of aromatic nitrogens is 4. The van der Waals surface area contributed by atoms with Crippen molar-refractivity contribution in [3.05, 3.63) is 63.4 Å². The maximum absolute atomic E-state index is 10.6. The Morgan fingerprint density at radius 2 is 1.97 bits per heavy atom. The first-order chi connectivity index (χ1) is 13.9. The first kappa shape index (κ1) is 19.9. The Hall–Kier alpha value is -2.39. The molecule has 148 valence electrons. The molecule has 0 atom stereocenters. The highest BCUT2D eigenvalue weighted by Gasteiger charge is 2.13. The van der Waals surface area contributed by atoms with E-state index in [9.17, 15) is 4.79 Å². The van der Waals surface area contributed by atoms with Gasteiger partial charge in [0, 0.05) is 20.7 Å². The fourth-order valence-corrected chi connectivity index (χ4v) is 4.63. The largest absolute Gasteiger partial charge is 0.511 e. The third kappa shape index (κ3) is 4.30. The van der Waals surface area contributed by atoms with E-state index in [4.69, 9.17) is 39.9 Å². The van der Waals surface area contributed by atoms with E-state index in [0.717, 1.165) is 10.5 Å². The van der Waals surface area contributed by atoms with Gasteiger partial charge in [-0.25, -0.2) is 14.5 Å². The second kappa shape index (κ2) is 8.16. The van der Waals surface area contributed by atoms with Crippen LogP contribution in [0.4, 0.5) is 4.79 Å². The number of halogens is 3. The van der Waals surface area contributed by atoms with E-state index in [-0.39, 0.29) is 5.75 Å². The van der Waals surface area contributed by atoms with Gasteiger partial charge in [-0.3, -0.25) is 0 Å². The van der Waals surface area contributed by atoms with Crippen LogP contribution in [0.2, 0.25) is 15.1 Å². The highest BCUT2D eigenvalue weighted by atomic mass is 35.5. The van der Waals surface area contributed by atoms with Gasteiger partial charge in [0.05, 0.1) is 28.4 Å². The molecule has 0 radical (unpaired) electrons. The number of benzene rings is 2. The second-order valence-electron chi connectivity index (χ2n) is 5.84. The fourth-order valence-electron chi connectivity index (χ4n) is 2.61. The molecule has 0 fully saturated rings. The number of aromatic amines is 1. The van der Waals surface area contributed by atoms with E-state index < -0.39 is 6.16 Å². The number of carbonyl (C=O) groups is 1. The molecule has 2 aromatic carbocycles. The molecule has 0 aliphatic rings. The second-order valence-corrected chi connectivity index (χ2v) is 8.08. The number of fused-ring (bicyclic) bond motifs is 1. The van der Waals surface area contributed by atoms with Crippen molar-refractivity contribution in [2.75, 3.05) is 0 Å². The van der Waals surface area contributed by atoms with E-state index in [0.29, 0.717) is 37.8 Å². The zero-order valence-electron chi connectivity index (χ0n) is 14.4. The normalized spacial score (nSPS) is 11.1. The van der Waals surface area contributed by atoms with Gasteiger partial charge in [0.1, 0.15) is 0 Å². The summed E-state index contributed by atoms with van der Waals surface area (Å²) in [5.41, 5.74) is 2.22. The topological polar surface area (TPSA) is 93.0 Å². The molecular weight excluding hydrogens is 459 g/mol. The van der Waals surface area contributed by atoms with Crippen molar-refractivity contribution in [3.63, 3.8) is 0 Å². The van der Waals surface area contributed by atoms with Crippen molar-refractivity contribution in [1.82, 2.24) is 19.7 Å². The van der Waals surface area contributed by atoms with Crippen LogP contribution in [0.3, 0.4) is 0 Å². The molecule has 11 heteroatoms. The summed E-state index contributed by atoms with van der Waals surface area (Å²) in [6.45, 7) is 0. The minimum absolute atomic E-state index is 0.0869. The van der Waals surface area contributed by atoms with E-state index >= 15 is 0 Å². The van der Waals surface area contributed by atoms with E-state index in [2.05, 4.69) is 19.8 Å². The van der Waals surface area contributed by atoms with Crippen LogP contribution in [0.25, 0.3) is 17.0 Å². The summed E-state index contributed by atoms with van der Waals surface area (Å²) in [6, 6.07) is 9.00. The zero-order chi connectivity index (χ0) is 20.5. The molecule has 0 saturated heterocycles. The van der Waals surface area contributed by atoms with E-state index in [1.165, 1.54) is 28.8 Å². The lowest BCUT2D eigenvalue weighted by atomic mass is 10.2. The van der Waals surface area contributed by atoms with Gasteiger partial charge < -0.3 is 14.8 Å². The van der Waals surface area contributed by atoms with Gasteiger partial charge in [0.15, 0.2) is 5.75 Å². The number of imidazole rings is 1. The number of rotatable bonds is 5. The molecule has 0 amide bonds. The average molecular weight is 470 g/mol. The summed E-state index contributed by atoms with van der Waals surface area (Å²) in [5.74, 6) is 1.03. The number of nitrogens with one attached hydrogen (secondary N) is 1. The molecule has 2 heterocycles. The van der Waals surface area contributed by atoms with Crippen molar-refractivity contribution in [2.45, 2.75) is 10.6 Å². The number of H-pyrrole nitrogens is 1. The van der Waals surface area contributed by atoms with Crippen molar-refractivity contribution >= 4 is 63.8 Å². The fraction of sp³-hybridized carbons (Fsp3) is 0.0556. The molecule has 0 unspecified atom stereocenters. The summed E-state index contributed by atoms with van der Waals surface area (Å²) >= 11 is 20.4. The van der Waals surface area contributed by atoms with Crippen molar-refractivity contribution in [1.29, 1.82) is 0 Å². The summed E-state index contributed by atoms with van der Waals surface area (Å²) < 4.78 is 5.95. The number of nitrogens with zero attached hydrogens (tertiary/aromatic N) is 3. The lowest BCUT2D eigenvalue weighted by Crippen LogP contribution is -2.02. The Morgan fingerprint density at radius 3 is 2.69 bits per heavy atom. The van der Waals surface area contributed by atoms with Gasteiger partial charge in [-0.1, -0.05) is 40.9 Å². The van der Waals surface area contributed by atoms with Crippen molar-refractivity contribution in [3.8, 4) is 11.7 Å². The van der Waals surface area contributed by atoms with Crippen LogP contribution >= 0.6 is 46.6 Å². The van der Waals surface area contributed by atoms with Gasteiger partial charge in [0.2, 0.25) is 5.95 Å². The van der Waals surface area contributed by atoms with Gasteiger partial charge in [-0.2, -0.15) is 5.10 Å². The molecule has 7 nitrogen and oxygen atoms in total. The molecule has 2 N–H and O–H groups in total. The molecule has 2 aromatic heterocycles. The quantitative estimate of drug-likeness (QED) is 0.273. The third-order valence-corrected chi connectivity index (χ3v) is 6.15. The van der Waals surface area contributed by atoms with Crippen molar-refractivity contribution in [2.24, 2.45) is 0 Å². The molecule has 0 bridgehead atoms. The number of hydrogen-bond acceptors (Lipinski definition) is 5. The molecule has 29 heavy (non-hydrogen) atoms. The minimum Gasteiger partial charge on any atom is -0.449 e. The molecule has 4 aromatic rings. The lowest BCUT2D eigenvalue weighted by molar-refractivity contribution is 0.144. The van der Waals surface area contributed by atoms with Gasteiger partial charge in [0.25, 0.3) is 0 Å². The van der Waals surface area contributed by atoms with Crippen LogP contribution in [-0.4, -0.2) is 31.0 Å². The summed E-state index contributed by atoms with van der Waals surface area (Å²) in [5, 5.41) is 14.5. The Kier molecular flexibility index (Phi) is 5.60. The third-order valence-electron chi connectivity index (χ3n) is 3.94. The van der Waals surface area contributed by atoms with E-state index in [1.807, 2.05) is 6.07 Å². The van der Waals surface area contributed by atoms with Crippen molar-refractivity contribution < 1.29 is 14.6 Å². The van der Waals surface area contributed by atoms with Crippen LogP contribution in [-0.2, 0) is 5.75 Å². The van der Waals surface area contributed by atoms with Gasteiger partial charge in [-0.15, -0.1) is 11.8 Å². The Morgan fingerprint density at radius 1 is 1.21 bits per heavy atom. The number of ether oxygens (including phenoxy) is 1. The predicted molar refractivity (Wildman–Crippen MR) is 113 cm³/mol. The Labute approximate surface area is 183 Å². The van der Waals surface area contributed by atoms with Crippen LogP contribution in [0.5, 0.6) is 5.75 Å². The molecular formula is C18H11Cl3N4O3S. The molecule has 0 saturated carbocycles. The Bertz CT molecular complexity index is 1200. The highest BCUT2D eigenvalue weighted by molar-refractivity contribution is 7.98. The Balaban J connectivity index is 1.60. The smallest absolute Gasteiger partial charge is 0.449 e. The zero-order valence-corrected chi connectivity index (χ0v) is 17.5. The standard InChI is InChI=1S/C18H11Cl3N4O3S/c19-11-2-1-3-12(20)10(11)8-29-16-5-15-14(4-13(16)21)23-17(24-15)25-7-9(6-22-25)28-18(26)27/h1-7H,8H2,(H,23,24)(H,26,27). The minimum atomic E-state index is -1.42. The first-order valence-corrected chi connectivity index (χ1v) is 10.2. The maximum Gasteiger partial charge on any atom is 0.511 e. The first-order valence-electron chi connectivity index (χ1n) is 8.11. The summed E-state index contributed by atoms with van der Waals surface area (Å²) in [4.78, 5) is 19.0. The van der Waals surface area contributed by atoms with E-state index in [1.54, 1.807) is 24.3 Å². The van der Waals surface area contributed by atoms with Crippen LogP contribution < -0.4 is 4.74 Å². The predicted octanol–water partition coefficient (Wildman–Crippen LogP) is 6.06. The average Bonchev–Trinajstić information content (AvgIpc) is 3.27. The van der Waals surface area contributed by atoms with Gasteiger partial charge >= 0.3 is 6.16 Å². The van der Waals surface area contributed by atoms with Crippen LogP contribution in [0, 0.1) is 0 Å². The monoisotopic (exact) mass is 468 g/mol.